The summed E-state index contributed by atoms with van der Waals surface area (Å²) < 4.78 is 1.41. The second kappa shape index (κ2) is 6.66. The van der Waals surface area contributed by atoms with Crippen LogP contribution in [0.25, 0.3) is 0 Å². The van der Waals surface area contributed by atoms with E-state index in [0.29, 0.717) is 10.9 Å². The first kappa shape index (κ1) is 14.7. The molecule has 1 unspecified atom stereocenters. The molecule has 1 saturated heterocycles. The lowest BCUT2D eigenvalue weighted by molar-refractivity contribution is 0.503. The monoisotopic (exact) mass is 301 g/mol. The zero-order chi connectivity index (χ0) is 13.8. The summed E-state index contributed by atoms with van der Waals surface area (Å²) in [5.41, 5.74) is 0.424. The maximum Gasteiger partial charge on any atom is 0.287 e. The minimum Gasteiger partial charge on any atom is -0.381 e. The summed E-state index contributed by atoms with van der Waals surface area (Å²) in [5.74, 6) is 1.23. The Morgan fingerprint density at radius 1 is 1.58 bits per heavy atom. The summed E-state index contributed by atoms with van der Waals surface area (Å²) in [5, 5.41) is 8.26. The highest BCUT2D eigenvalue weighted by atomic mass is 35.5. The predicted molar refractivity (Wildman–Crippen MR) is 82.5 cm³/mol. The van der Waals surface area contributed by atoms with E-state index in [-0.39, 0.29) is 16.6 Å². The lowest BCUT2D eigenvalue weighted by Crippen LogP contribution is -2.27. The molecule has 1 aromatic rings. The molecule has 1 aliphatic heterocycles. The minimum absolute atomic E-state index is 0.0213. The third-order valence-electron chi connectivity index (χ3n) is 3.23. The molecule has 0 aromatic carbocycles. The fraction of sp³-hybridized carbons (Fsp3) is 0.692. The lowest BCUT2D eigenvalue weighted by atomic mass is 10.2. The molecule has 106 valence electrons. The van der Waals surface area contributed by atoms with Gasteiger partial charge in [-0.05, 0) is 32.4 Å². The van der Waals surface area contributed by atoms with Gasteiger partial charge in [-0.15, -0.1) is 0 Å². The second-order valence-corrected chi connectivity index (χ2v) is 6.87. The van der Waals surface area contributed by atoms with Gasteiger partial charge in [-0.3, -0.25) is 4.79 Å². The number of rotatable bonds is 4. The largest absolute Gasteiger partial charge is 0.381 e. The number of anilines is 1. The summed E-state index contributed by atoms with van der Waals surface area (Å²) >= 11 is 8.11. The predicted octanol–water partition coefficient (Wildman–Crippen LogP) is 3.18. The molecule has 0 amide bonds. The maximum absolute atomic E-state index is 12.0. The Balaban J connectivity index is 2.04. The fourth-order valence-corrected chi connectivity index (χ4v) is 3.57. The van der Waals surface area contributed by atoms with Gasteiger partial charge in [0, 0.05) is 11.8 Å². The van der Waals surface area contributed by atoms with Gasteiger partial charge in [0.2, 0.25) is 0 Å². The molecule has 0 spiro atoms. The summed E-state index contributed by atoms with van der Waals surface area (Å²) in [6.45, 7) is 4.67. The molecular weight excluding hydrogens is 282 g/mol. The molecule has 1 aliphatic rings. The Kier molecular flexibility index (Phi) is 5.16. The van der Waals surface area contributed by atoms with Crippen molar-refractivity contribution in [3.63, 3.8) is 0 Å². The Hall–Kier alpha value is -0.680. The summed E-state index contributed by atoms with van der Waals surface area (Å²) in [4.78, 5) is 12.0. The van der Waals surface area contributed by atoms with Gasteiger partial charge in [0.1, 0.15) is 5.02 Å². The van der Waals surface area contributed by atoms with Crippen molar-refractivity contribution in [2.24, 2.45) is 0 Å². The van der Waals surface area contributed by atoms with E-state index in [1.54, 1.807) is 6.20 Å². The van der Waals surface area contributed by atoms with Crippen molar-refractivity contribution >= 4 is 29.1 Å². The van der Waals surface area contributed by atoms with Gasteiger partial charge in [-0.25, -0.2) is 4.68 Å². The third kappa shape index (κ3) is 3.66. The average molecular weight is 302 g/mol. The van der Waals surface area contributed by atoms with E-state index in [1.165, 1.54) is 29.7 Å². The topological polar surface area (TPSA) is 46.9 Å². The first-order valence-electron chi connectivity index (χ1n) is 6.72. The van der Waals surface area contributed by atoms with Crippen LogP contribution in [0.4, 0.5) is 5.69 Å². The smallest absolute Gasteiger partial charge is 0.287 e. The molecule has 1 fully saturated rings. The van der Waals surface area contributed by atoms with Crippen LogP contribution in [0.2, 0.25) is 5.02 Å². The molecule has 6 heteroatoms. The molecule has 0 aliphatic carbocycles. The van der Waals surface area contributed by atoms with Gasteiger partial charge in [-0.2, -0.15) is 16.9 Å². The SMILES string of the molecule is CC(C)n1ncc(NCC2CCCCS2)c(Cl)c1=O. The Morgan fingerprint density at radius 3 is 3.00 bits per heavy atom. The lowest BCUT2D eigenvalue weighted by Gasteiger charge is -2.22. The third-order valence-corrected chi connectivity index (χ3v) is 4.99. The van der Waals surface area contributed by atoms with Crippen LogP contribution in [0.3, 0.4) is 0 Å². The number of nitrogens with one attached hydrogen (secondary N) is 1. The van der Waals surface area contributed by atoms with Gasteiger partial charge in [0.25, 0.3) is 5.56 Å². The standard InChI is InChI=1S/C13H20ClN3OS/c1-9(2)17-13(18)12(14)11(8-16-17)15-7-10-5-3-4-6-19-10/h8-10,15H,3-7H2,1-2H3. The summed E-state index contributed by atoms with van der Waals surface area (Å²) in [6.07, 6.45) is 5.48. The van der Waals surface area contributed by atoms with Crippen LogP contribution in [-0.2, 0) is 0 Å². The normalized spacial score (nSPS) is 19.7. The van der Waals surface area contributed by atoms with Crippen LogP contribution in [0, 0.1) is 0 Å². The highest BCUT2D eigenvalue weighted by Gasteiger charge is 2.15. The number of halogens is 1. The van der Waals surface area contributed by atoms with Crippen molar-refractivity contribution in [2.75, 3.05) is 17.6 Å². The molecule has 0 radical (unpaired) electrons. The molecule has 4 nitrogen and oxygen atoms in total. The highest BCUT2D eigenvalue weighted by Crippen LogP contribution is 2.26. The van der Waals surface area contributed by atoms with Gasteiger partial charge in [0.15, 0.2) is 0 Å². The summed E-state index contributed by atoms with van der Waals surface area (Å²) in [7, 11) is 0. The van der Waals surface area contributed by atoms with Crippen molar-refractivity contribution in [1.82, 2.24) is 9.78 Å². The molecule has 1 N–H and O–H groups in total. The van der Waals surface area contributed by atoms with Crippen molar-refractivity contribution in [1.29, 1.82) is 0 Å². The Morgan fingerprint density at radius 2 is 2.37 bits per heavy atom. The van der Waals surface area contributed by atoms with Gasteiger partial charge >= 0.3 is 0 Å². The van der Waals surface area contributed by atoms with Crippen molar-refractivity contribution in [2.45, 2.75) is 44.4 Å². The Bertz CT molecular complexity index is 483. The van der Waals surface area contributed by atoms with E-state index >= 15 is 0 Å². The molecule has 2 heterocycles. The van der Waals surface area contributed by atoms with Gasteiger partial charge < -0.3 is 5.32 Å². The van der Waals surface area contributed by atoms with E-state index in [9.17, 15) is 4.79 Å². The van der Waals surface area contributed by atoms with Gasteiger partial charge in [0.05, 0.1) is 17.9 Å². The van der Waals surface area contributed by atoms with Crippen LogP contribution in [0.5, 0.6) is 0 Å². The number of hydrogen-bond donors (Lipinski definition) is 1. The second-order valence-electron chi connectivity index (χ2n) is 5.09. The molecule has 1 atom stereocenters. The molecule has 2 rings (SSSR count). The van der Waals surface area contributed by atoms with Crippen LogP contribution < -0.4 is 10.9 Å². The van der Waals surface area contributed by atoms with Crippen LogP contribution in [-0.4, -0.2) is 27.3 Å². The van der Waals surface area contributed by atoms with E-state index in [4.69, 9.17) is 11.6 Å². The molecule has 0 saturated carbocycles. The maximum atomic E-state index is 12.0. The van der Waals surface area contributed by atoms with E-state index in [0.717, 1.165) is 6.54 Å². The zero-order valence-corrected chi connectivity index (χ0v) is 12.9. The fourth-order valence-electron chi connectivity index (χ4n) is 2.13. The van der Waals surface area contributed by atoms with Crippen molar-refractivity contribution in [3.8, 4) is 0 Å². The van der Waals surface area contributed by atoms with E-state index in [1.807, 2.05) is 25.6 Å². The van der Waals surface area contributed by atoms with Crippen LogP contribution in [0.15, 0.2) is 11.0 Å². The highest BCUT2D eigenvalue weighted by molar-refractivity contribution is 7.99. The number of thioether (sulfide) groups is 1. The molecule has 1 aromatic heterocycles. The van der Waals surface area contributed by atoms with E-state index < -0.39 is 0 Å². The molecule has 19 heavy (non-hydrogen) atoms. The zero-order valence-electron chi connectivity index (χ0n) is 11.4. The molecule has 0 bridgehead atoms. The number of aromatic nitrogens is 2. The quantitative estimate of drug-likeness (QED) is 0.928. The number of hydrogen-bond acceptors (Lipinski definition) is 4. The summed E-state index contributed by atoms with van der Waals surface area (Å²) in [6, 6.07) is 0.0213. The first-order valence-corrected chi connectivity index (χ1v) is 8.15. The first-order chi connectivity index (χ1) is 9.09. The van der Waals surface area contributed by atoms with E-state index in [2.05, 4.69) is 10.4 Å². The van der Waals surface area contributed by atoms with Crippen molar-refractivity contribution < 1.29 is 0 Å². The van der Waals surface area contributed by atoms with Gasteiger partial charge in [-0.1, -0.05) is 18.0 Å². The Labute approximate surface area is 122 Å². The van der Waals surface area contributed by atoms with Crippen LogP contribution in [0.1, 0.15) is 39.2 Å². The minimum atomic E-state index is -0.224. The van der Waals surface area contributed by atoms with Crippen molar-refractivity contribution in [3.05, 3.63) is 21.6 Å². The average Bonchev–Trinajstić information content (AvgIpc) is 2.41. The number of nitrogens with zero attached hydrogens (tertiary/aromatic N) is 2. The van der Waals surface area contributed by atoms with Crippen LogP contribution >= 0.6 is 23.4 Å². The molecular formula is C13H20ClN3OS.